The van der Waals surface area contributed by atoms with Crippen LogP contribution in [0.4, 0.5) is 18.9 Å². The highest BCUT2D eigenvalue weighted by Crippen LogP contribution is 2.36. The topological polar surface area (TPSA) is 32.3 Å². The Hall–Kier alpha value is -1.43. The molecule has 0 heterocycles. The number of nitrogens with one attached hydrogen (secondary N) is 1. The third kappa shape index (κ3) is 6.29. The summed E-state index contributed by atoms with van der Waals surface area (Å²) in [6, 6.07) is 3.63. The maximum atomic E-state index is 12.8. The number of carbonyl (C=O) groups excluding carboxylic acids is 1. The first-order chi connectivity index (χ1) is 10.8. The summed E-state index contributed by atoms with van der Waals surface area (Å²) in [5.41, 5.74) is -0.582. The van der Waals surface area contributed by atoms with Crippen LogP contribution in [0.5, 0.6) is 0 Å². The van der Waals surface area contributed by atoms with Crippen molar-refractivity contribution >= 4 is 23.2 Å². The van der Waals surface area contributed by atoms with Gasteiger partial charge in [-0.3, -0.25) is 4.79 Å². The predicted molar refractivity (Wildman–Crippen MR) is 86.7 cm³/mol. The van der Waals surface area contributed by atoms with E-state index < -0.39 is 11.7 Å². The van der Waals surface area contributed by atoms with Crippen molar-refractivity contribution in [3.8, 4) is 0 Å². The maximum absolute atomic E-state index is 12.8. The molecule has 1 aromatic carbocycles. The van der Waals surface area contributed by atoms with Crippen LogP contribution in [0.15, 0.2) is 18.2 Å². The van der Waals surface area contributed by atoms with Crippen molar-refractivity contribution in [2.45, 2.75) is 39.3 Å². The Morgan fingerprint density at radius 1 is 1.22 bits per heavy atom. The molecule has 0 atom stereocenters. The summed E-state index contributed by atoms with van der Waals surface area (Å²) in [6.45, 7) is 5.68. The number of amides is 1. The molecule has 0 fully saturated rings. The van der Waals surface area contributed by atoms with Gasteiger partial charge in [0.1, 0.15) is 0 Å². The van der Waals surface area contributed by atoms with E-state index in [4.69, 9.17) is 11.6 Å². The van der Waals surface area contributed by atoms with Gasteiger partial charge in [-0.1, -0.05) is 25.4 Å². The molecular weight excluding hydrogens is 329 g/mol. The maximum Gasteiger partial charge on any atom is 0.417 e. The Labute approximate surface area is 139 Å². The molecule has 130 valence electrons. The highest BCUT2D eigenvalue weighted by Gasteiger charge is 2.33. The fourth-order valence-corrected chi connectivity index (χ4v) is 2.45. The lowest BCUT2D eigenvalue weighted by molar-refractivity contribution is -0.137. The number of benzene rings is 1. The molecule has 23 heavy (non-hydrogen) atoms. The lowest BCUT2D eigenvalue weighted by Gasteiger charge is -2.21. The van der Waals surface area contributed by atoms with Gasteiger partial charge in [-0.2, -0.15) is 13.2 Å². The number of halogens is 4. The molecule has 1 N–H and O–H groups in total. The van der Waals surface area contributed by atoms with Crippen molar-refractivity contribution in [2.75, 3.05) is 25.0 Å². The van der Waals surface area contributed by atoms with Gasteiger partial charge in [0.2, 0.25) is 5.91 Å². The van der Waals surface area contributed by atoms with Crippen molar-refractivity contribution in [1.29, 1.82) is 0 Å². The second-order valence-electron chi connectivity index (χ2n) is 5.25. The molecule has 0 spiro atoms. The monoisotopic (exact) mass is 350 g/mol. The number of hydrogen-bond acceptors (Lipinski definition) is 2. The second-order valence-corrected chi connectivity index (χ2v) is 5.66. The smallest absolute Gasteiger partial charge is 0.385 e. The molecular formula is C16H22ClF3N2O. The summed E-state index contributed by atoms with van der Waals surface area (Å²) in [5, 5.41) is 2.51. The summed E-state index contributed by atoms with van der Waals surface area (Å²) in [6.07, 6.45) is -2.50. The molecule has 0 aliphatic heterocycles. The minimum atomic E-state index is -4.50. The third-order valence-electron chi connectivity index (χ3n) is 3.28. The number of carbonyl (C=O) groups is 1. The molecule has 0 aromatic heterocycles. The highest BCUT2D eigenvalue weighted by molar-refractivity contribution is 6.31. The van der Waals surface area contributed by atoms with Gasteiger partial charge in [-0.05, 0) is 31.0 Å². The zero-order valence-corrected chi connectivity index (χ0v) is 14.1. The zero-order valence-electron chi connectivity index (χ0n) is 13.3. The van der Waals surface area contributed by atoms with E-state index in [2.05, 4.69) is 5.32 Å². The van der Waals surface area contributed by atoms with Crippen LogP contribution in [0.1, 0.15) is 38.7 Å². The molecule has 0 saturated heterocycles. The number of hydrogen-bond donors (Lipinski definition) is 1. The Kier molecular flexibility index (Phi) is 7.68. The van der Waals surface area contributed by atoms with Crippen molar-refractivity contribution in [3.63, 3.8) is 0 Å². The van der Waals surface area contributed by atoms with Crippen LogP contribution in [0.25, 0.3) is 0 Å². The number of anilines is 1. The third-order valence-corrected chi connectivity index (χ3v) is 3.61. The Bertz CT molecular complexity index is 515. The first kappa shape index (κ1) is 19.6. The summed E-state index contributed by atoms with van der Waals surface area (Å²) in [4.78, 5) is 13.9. The van der Waals surface area contributed by atoms with Crippen molar-refractivity contribution in [2.24, 2.45) is 0 Å². The van der Waals surface area contributed by atoms with Crippen LogP contribution >= 0.6 is 11.6 Å². The summed E-state index contributed by atoms with van der Waals surface area (Å²) >= 11 is 5.57. The molecule has 0 unspecified atom stereocenters. The van der Waals surface area contributed by atoms with Gasteiger partial charge in [0.25, 0.3) is 0 Å². The molecule has 1 aromatic rings. The fraction of sp³-hybridized carbons (Fsp3) is 0.562. The van der Waals surface area contributed by atoms with E-state index in [-0.39, 0.29) is 23.9 Å². The Morgan fingerprint density at radius 2 is 1.83 bits per heavy atom. The van der Waals surface area contributed by atoms with Crippen molar-refractivity contribution < 1.29 is 18.0 Å². The summed E-state index contributed by atoms with van der Waals surface area (Å²) in [5.74, 6) is 0.00575. The minimum absolute atomic E-state index is 0.00575. The average Bonchev–Trinajstić information content (AvgIpc) is 2.47. The molecule has 1 rings (SSSR count). The quantitative estimate of drug-likeness (QED) is 0.729. The Balaban J connectivity index is 2.60. The first-order valence-corrected chi connectivity index (χ1v) is 8.05. The lowest BCUT2D eigenvalue weighted by atomic mass is 10.2. The lowest BCUT2D eigenvalue weighted by Crippen LogP contribution is -2.33. The molecule has 0 aliphatic carbocycles. The number of alkyl halides is 3. The van der Waals surface area contributed by atoms with Crippen LogP contribution in [0.3, 0.4) is 0 Å². The van der Waals surface area contributed by atoms with Gasteiger partial charge >= 0.3 is 6.18 Å². The van der Waals surface area contributed by atoms with E-state index in [9.17, 15) is 18.0 Å². The zero-order chi connectivity index (χ0) is 17.5. The molecule has 7 heteroatoms. The van der Waals surface area contributed by atoms with E-state index >= 15 is 0 Å². The van der Waals surface area contributed by atoms with Gasteiger partial charge in [-0.15, -0.1) is 0 Å². The van der Waals surface area contributed by atoms with E-state index in [0.29, 0.717) is 18.8 Å². The van der Waals surface area contributed by atoms with Gasteiger partial charge in [0.15, 0.2) is 0 Å². The van der Waals surface area contributed by atoms with Gasteiger partial charge in [0, 0.05) is 31.7 Å². The largest absolute Gasteiger partial charge is 0.417 e. The number of nitrogens with zero attached hydrogens (tertiary/aromatic N) is 1. The standard InChI is InChI=1S/C16H22ClF3N2O/c1-3-9-22(10-4-2)15(23)7-8-21-12-5-6-14(17)13(11-12)16(18,19)20/h5-6,11,21H,3-4,7-10H2,1-2H3. The van der Waals surface area contributed by atoms with Gasteiger partial charge < -0.3 is 10.2 Å². The van der Waals surface area contributed by atoms with Crippen molar-refractivity contribution in [3.05, 3.63) is 28.8 Å². The van der Waals surface area contributed by atoms with Crippen LogP contribution in [-0.2, 0) is 11.0 Å². The summed E-state index contributed by atoms with van der Waals surface area (Å²) < 4.78 is 38.3. The molecule has 1 amide bonds. The van der Waals surface area contributed by atoms with Crippen molar-refractivity contribution in [1.82, 2.24) is 4.90 Å². The molecule has 0 radical (unpaired) electrons. The van der Waals surface area contributed by atoms with E-state index in [1.807, 2.05) is 13.8 Å². The van der Waals surface area contributed by atoms with Gasteiger partial charge in [-0.25, -0.2) is 0 Å². The molecule has 0 bridgehead atoms. The van der Waals surface area contributed by atoms with Crippen LogP contribution < -0.4 is 5.32 Å². The SMILES string of the molecule is CCCN(CCC)C(=O)CCNc1ccc(Cl)c(C(F)(F)F)c1. The minimum Gasteiger partial charge on any atom is -0.385 e. The van der Waals surface area contributed by atoms with Crippen LogP contribution in [0.2, 0.25) is 5.02 Å². The average molecular weight is 351 g/mol. The molecule has 0 aliphatic rings. The van der Waals surface area contributed by atoms with Crippen LogP contribution in [-0.4, -0.2) is 30.4 Å². The fourth-order valence-electron chi connectivity index (χ4n) is 2.23. The molecule has 3 nitrogen and oxygen atoms in total. The van der Waals surface area contributed by atoms with E-state index in [1.165, 1.54) is 12.1 Å². The normalized spacial score (nSPS) is 11.4. The summed E-state index contributed by atoms with van der Waals surface area (Å²) in [7, 11) is 0. The van der Waals surface area contributed by atoms with Crippen LogP contribution in [0, 0.1) is 0 Å². The highest BCUT2D eigenvalue weighted by atomic mass is 35.5. The molecule has 0 saturated carbocycles. The second kappa shape index (κ2) is 9.01. The number of rotatable bonds is 8. The van der Waals surface area contributed by atoms with Gasteiger partial charge in [0.05, 0.1) is 10.6 Å². The Morgan fingerprint density at radius 3 is 2.35 bits per heavy atom. The van der Waals surface area contributed by atoms with E-state index in [1.54, 1.807) is 4.90 Å². The van der Waals surface area contributed by atoms with E-state index in [0.717, 1.165) is 18.9 Å². The predicted octanol–water partition coefficient (Wildman–Crippen LogP) is 4.81. The first-order valence-electron chi connectivity index (χ1n) is 7.68.